The summed E-state index contributed by atoms with van der Waals surface area (Å²) in [5.41, 5.74) is 2.14. The second-order valence-corrected chi connectivity index (χ2v) is 7.59. The first-order valence-corrected chi connectivity index (χ1v) is 9.77. The quantitative estimate of drug-likeness (QED) is 0.861. The van der Waals surface area contributed by atoms with Crippen molar-refractivity contribution in [1.82, 2.24) is 25.1 Å². The molecule has 0 aliphatic carbocycles. The van der Waals surface area contributed by atoms with E-state index in [0.717, 1.165) is 43.0 Å². The van der Waals surface area contributed by atoms with Gasteiger partial charge in [0, 0.05) is 63.2 Å². The third-order valence-electron chi connectivity index (χ3n) is 5.87. The highest BCUT2D eigenvalue weighted by atomic mass is 16.2. The van der Waals surface area contributed by atoms with Gasteiger partial charge in [-0.1, -0.05) is 0 Å². The molecule has 2 amide bonds. The summed E-state index contributed by atoms with van der Waals surface area (Å²) in [7, 11) is 0. The van der Waals surface area contributed by atoms with E-state index >= 15 is 0 Å². The van der Waals surface area contributed by atoms with Crippen LogP contribution < -0.4 is 5.32 Å². The van der Waals surface area contributed by atoms with E-state index < -0.39 is 0 Å². The second kappa shape index (κ2) is 7.31. The van der Waals surface area contributed by atoms with E-state index in [4.69, 9.17) is 4.98 Å². The van der Waals surface area contributed by atoms with Crippen LogP contribution in [0.5, 0.6) is 0 Å². The third kappa shape index (κ3) is 3.32. The van der Waals surface area contributed by atoms with Gasteiger partial charge in [-0.3, -0.25) is 9.59 Å². The monoisotopic (exact) mass is 357 g/mol. The zero-order valence-corrected chi connectivity index (χ0v) is 15.4. The molecule has 4 rings (SSSR count). The summed E-state index contributed by atoms with van der Waals surface area (Å²) >= 11 is 0. The lowest BCUT2D eigenvalue weighted by atomic mass is 9.97. The van der Waals surface area contributed by atoms with Gasteiger partial charge >= 0.3 is 0 Å². The minimum absolute atomic E-state index is 0.0947. The number of aromatic nitrogens is 2. The number of hydrogen-bond donors (Lipinski definition) is 1. The van der Waals surface area contributed by atoms with E-state index in [9.17, 15) is 9.59 Å². The molecule has 0 spiro atoms. The summed E-state index contributed by atoms with van der Waals surface area (Å²) in [6.45, 7) is 6.47. The zero-order valence-electron chi connectivity index (χ0n) is 15.4. The Labute approximate surface area is 154 Å². The largest absolute Gasteiger partial charge is 0.342 e. The van der Waals surface area contributed by atoms with E-state index in [1.807, 2.05) is 18.0 Å². The number of rotatable bonds is 3. The van der Waals surface area contributed by atoms with Gasteiger partial charge in [-0.05, 0) is 26.3 Å². The molecule has 2 fully saturated rings. The Balaban J connectivity index is 1.43. The number of fused-ring (bicyclic) bond motifs is 1. The highest BCUT2D eigenvalue weighted by molar-refractivity contribution is 5.89. The number of piperidine rings is 1. The molecule has 7 nitrogen and oxygen atoms in total. The van der Waals surface area contributed by atoms with Crippen LogP contribution in [0.25, 0.3) is 0 Å². The van der Waals surface area contributed by atoms with Gasteiger partial charge in [0.05, 0.1) is 11.6 Å². The normalized spacial score (nSPS) is 26.1. The van der Waals surface area contributed by atoms with Crippen LogP contribution >= 0.6 is 0 Å². The van der Waals surface area contributed by atoms with Gasteiger partial charge < -0.3 is 15.1 Å². The second-order valence-electron chi connectivity index (χ2n) is 7.59. The summed E-state index contributed by atoms with van der Waals surface area (Å²) in [5.74, 6) is 1.34. The molecule has 0 unspecified atom stereocenters. The fourth-order valence-electron chi connectivity index (χ4n) is 4.29. The Kier molecular flexibility index (Phi) is 4.89. The van der Waals surface area contributed by atoms with E-state index in [2.05, 4.69) is 10.3 Å². The first kappa shape index (κ1) is 17.4. The molecule has 0 radical (unpaired) electrons. The number of hydrogen-bond acceptors (Lipinski definition) is 5. The Morgan fingerprint density at radius 3 is 3.04 bits per heavy atom. The predicted octanol–water partition coefficient (Wildman–Crippen LogP) is 0.697. The van der Waals surface area contributed by atoms with Crippen molar-refractivity contribution in [2.24, 2.45) is 5.92 Å². The average molecular weight is 357 g/mol. The van der Waals surface area contributed by atoms with Crippen LogP contribution in [0.15, 0.2) is 6.20 Å². The smallest absolute Gasteiger partial charge is 0.228 e. The van der Waals surface area contributed by atoms with Gasteiger partial charge in [0.25, 0.3) is 0 Å². The third-order valence-corrected chi connectivity index (χ3v) is 5.87. The Bertz CT molecular complexity index is 701. The van der Waals surface area contributed by atoms with Crippen molar-refractivity contribution >= 4 is 11.8 Å². The molecule has 0 bridgehead atoms. The minimum Gasteiger partial charge on any atom is -0.342 e. The molecular weight excluding hydrogens is 330 g/mol. The lowest BCUT2D eigenvalue weighted by Crippen LogP contribution is -2.41. The van der Waals surface area contributed by atoms with Crippen molar-refractivity contribution in [1.29, 1.82) is 0 Å². The number of amides is 2. The van der Waals surface area contributed by atoms with Crippen molar-refractivity contribution in [3.05, 3.63) is 23.3 Å². The van der Waals surface area contributed by atoms with E-state index in [-0.39, 0.29) is 17.7 Å². The van der Waals surface area contributed by atoms with E-state index in [0.29, 0.717) is 38.5 Å². The number of nitrogens with one attached hydrogen (secondary N) is 1. The van der Waals surface area contributed by atoms with Crippen LogP contribution in [0.4, 0.5) is 0 Å². The Hall–Kier alpha value is -2.02. The van der Waals surface area contributed by atoms with Crippen LogP contribution in [-0.4, -0.2) is 64.3 Å². The lowest BCUT2D eigenvalue weighted by molar-refractivity contribution is -0.136. The SMILES string of the molecule is CCN1C[C@@H](C(=O)N2CCc3nc([C@H]4CCCNC4)ncc3C2)CC1=O. The maximum Gasteiger partial charge on any atom is 0.228 e. The zero-order chi connectivity index (χ0) is 18.1. The first-order valence-electron chi connectivity index (χ1n) is 9.77. The first-order chi connectivity index (χ1) is 12.7. The lowest BCUT2D eigenvalue weighted by Gasteiger charge is -2.31. The highest BCUT2D eigenvalue weighted by Gasteiger charge is 2.36. The molecule has 140 valence electrons. The van der Waals surface area contributed by atoms with Gasteiger partial charge in [0.15, 0.2) is 0 Å². The van der Waals surface area contributed by atoms with Gasteiger partial charge in [0.2, 0.25) is 11.8 Å². The molecule has 0 saturated carbocycles. The molecule has 7 heteroatoms. The molecule has 3 aliphatic rings. The fourth-order valence-corrected chi connectivity index (χ4v) is 4.29. The standard InChI is InChI=1S/C19H27N5O2/c1-2-23-11-14(8-17(23)25)19(26)24-7-5-16-15(12-24)10-21-18(22-16)13-4-3-6-20-9-13/h10,13-14,20H,2-9,11-12H2,1H3/t13-,14-/m0/s1. The summed E-state index contributed by atoms with van der Waals surface area (Å²) in [6.07, 6.45) is 5.33. The molecule has 2 atom stereocenters. The van der Waals surface area contributed by atoms with Crippen LogP contribution in [0.1, 0.15) is 49.2 Å². The summed E-state index contributed by atoms with van der Waals surface area (Å²) in [4.78, 5) is 37.8. The Morgan fingerprint density at radius 2 is 2.31 bits per heavy atom. The van der Waals surface area contributed by atoms with Gasteiger partial charge in [-0.15, -0.1) is 0 Å². The van der Waals surface area contributed by atoms with Crippen LogP contribution in [0, 0.1) is 5.92 Å². The van der Waals surface area contributed by atoms with E-state index in [1.54, 1.807) is 4.90 Å². The minimum atomic E-state index is -0.197. The molecular formula is C19H27N5O2. The van der Waals surface area contributed by atoms with Crippen LogP contribution in [0.3, 0.4) is 0 Å². The number of carbonyl (C=O) groups excluding carboxylic acids is 2. The van der Waals surface area contributed by atoms with Crippen molar-refractivity contribution in [2.75, 3.05) is 32.7 Å². The molecule has 1 N–H and O–H groups in total. The van der Waals surface area contributed by atoms with Crippen LogP contribution in [-0.2, 0) is 22.6 Å². The summed E-state index contributed by atoms with van der Waals surface area (Å²) in [5, 5.41) is 3.41. The molecule has 26 heavy (non-hydrogen) atoms. The topological polar surface area (TPSA) is 78.4 Å². The molecule has 2 saturated heterocycles. The van der Waals surface area contributed by atoms with E-state index in [1.165, 1.54) is 6.42 Å². The van der Waals surface area contributed by atoms with Crippen molar-refractivity contribution in [2.45, 2.75) is 45.1 Å². The number of likely N-dealkylation sites (tertiary alicyclic amines) is 1. The average Bonchev–Trinajstić information content (AvgIpc) is 3.08. The highest BCUT2D eigenvalue weighted by Crippen LogP contribution is 2.26. The molecule has 3 aliphatic heterocycles. The van der Waals surface area contributed by atoms with Gasteiger partial charge in [-0.2, -0.15) is 0 Å². The predicted molar refractivity (Wildman–Crippen MR) is 96.4 cm³/mol. The maximum atomic E-state index is 12.8. The van der Waals surface area contributed by atoms with Crippen molar-refractivity contribution in [3.8, 4) is 0 Å². The number of carbonyl (C=O) groups is 2. The molecule has 4 heterocycles. The van der Waals surface area contributed by atoms with Crippen molar-refractivity contribution in [3.63, 3.8) is 0 Å². The molecule has 0 aromatic carbocycles. The molecule has 1 aromatic heterocycles. The molecule has 1 aromatic rings. The van der Waals surface area contributed by atoms with Gasteiger partial charge in [-0.25, -0.2) is 9.97 Å². The Morgan fingerprint density at radius 1 is 1.42 bits per heavy atom. The maximum absolute atomic E-state index is 12.8. The van der Waals surface area contributed by atoms with Gasteiger partial charge in [0.1, 0.15) is 5.82 Å². The summed E-state index contributed by atoms with van der Waals surface area (Å²) in [6, 6.07) is 0. The van der Waals surface area contributed by atoms with Crippen LogP contribution in [0.2, 0.25) is 0 Å². The summed E-state index contributed by atoms with van der Waals surface area (Å²) < 4.78 is 0. The van der Waals surface area contributed by atoms with Crippen molar-refractivity contribution < 1.29 is 9.59 Å². The fraction of sp³-hybridized carbons (Fsp3) is 0.684. The number of nitrogens with zero attached hydrogens (tertiary/aromatic N) is 4.